The summed E-state index contributed by atoms with van der Waals surface area (Å²) in [4.78, 5) is 12.9. The number of aliphatic hydroxyl groups is 16. The molecule has 0 amide bonds. The highest BCUT2D eigenvalue weighted by molar-refractivity contribution is 5.81. The summed E-state index contributed by atoms with van der Waals surface area (Å²) in [5.41, 5.74) is 0. The molecule has 7 rings (SSSR count). The molecule has 0 aromatic rings. The van der Waals surface area contributed by atoms with E-state index in [-0.39, 0.29) is 38.0 Å². The third kappa shape index (κ3) is 11.7. The van der Waals surface area contributed by atoms with Crippen molar-refractivity contribution >= 4 is 5.97 Å². The zero-order chi connectivity index (χ0) is 46.9. The van der Waals surface area contributed by atoms with Gasteiger partial charge in [0, 0.05) is 24.8 Å². The molecule has 3 saturated carbocycles. The number of rotatable bonds is 13. The second-order valence-electron chi connectivity index (χ2n) is 18.9. The van der Waals surface area contributed by atoms with Crippen molar-refractivity contribution in [2.45, 2.75) is 205 Å². The molecule has 0 aromatic heterocycles. The van der Waals surface area contributed by atoms with Gasteiger partial charge in [-0.2, -0.15) is 0 Å². The summed E-state index contributed by atoms with van der Waals surface area (Å²) in [7, 11) is 0. The zero-order valence-corrected chi connectivity index (χ0v) is 35.8. The van der Waals surface area contributed by atoms with Gasteiger partial charge in [0.1, 0.15) is 86.0 Å². The Morgan fingerprint density at radius 2 is 1.14 bits per heavy atom. The number of carbonyl (C=O) groups is 1. The standard InChI is InChI=1S/C42H68O23/c43-13-26-30(50)33(53)36(56)40(62-26)60-24-11-19(46)10-23-20(24)12-25(38(59-23)17-4-7-21(47)22(48)9-17)61-42-39(65-41-37(57)34(54)31(51)27(14-44)63-41)35(55)32(52)28(64-42)15-58-29(49)8-3-16-1-5-18(45)6-2-16/h3,8,16-28,30-48,50-57H,1-2,4-7,9-15H2/p+1. The minimum atomic E-state index is -1.95. The SMILES string of the molecule is O=C(C=CC1CCC(O)CC1)OCC1OC(OC2CC3C(OC4OC(CO)C(O)C(O)C4O)CC(O)CC3[OH+]C2C2CCC(O)C(O)C2)C(OC2OC(CO)C(O)C(O)C2O)C(O)C1O. The molecule has 3 aliphatic carbocycles. The number of esters is 1. The molecule has 4 heterocycles. The van der Waals surface area contributed by atoms with Crippen LogP contribution in [-0.2, 0) is 38.0 Å². The minimum Gasteiger partial charge on any atom is -0.460 e. The van der Waals surface area contributed by atoms with E-state index in [0.717, 1.165) is 0 Å². The predicted molar refractivity (Wildman–Crippen MR) is 213 cm³/mol. The Kier molecular flexibility index (Phi) is 17.7. The van der Waals surface area contributed by atoms with Gasteiger partial charge >= 0.3 is 5.97 Å². The van der Waals surface area contributed by atoms with Crippen LogP contribution in [0, 0.1) is 17.8 Å². The lowest BCUT2D eigenvalue weighted by Gasteiger charge is -2.50. The average Bonchev–Trinajstić information content (AvgIpc) is 3.29. The number of hydrogen-bond donors (Lipinski definition) is 14. The first-order valence-corrected chi connectivity index (χ1v) is 22.8. The highest BCUT2D eigenvalue weighted by Crippen LogP contribution is 2.44. The van der Waals surface area contributed by atoms with Crippen LogP contribution in [0.5, 0.6) is 0 Å². The molecule has 23 nitrogen and oxygen atoms in total. The van der Waals surface area contributed by atoms with Gasteiger partial charge in [-0.25, -0.2) is 4.79 Å². The molecular formula is C42H69O23+. The molecule has 7 aliphatic rings. The normalized spacial score (nSPS) is 51.0. The maximum atomic E-state index is 12.9. The second-order valence-corrected chi connectivity index (χ2v) is 18.9. The molecule has 4 aliphatic heterocycles. The highest BCUT2D eigenvalue weighted by Gasteiger charge is 2.58. The molecule has 0 aromatic carbocycles. The van der Waals surface area contributed by atoms with Crippen LogP contribution in [0.1, 0.15) is 64.2 Å². The monoisotopic (exact) mass is 941 g/mol. The Labute approximate surface area is 374 Å². The quantitative estimate of drug-likeness (QED) is 0.0464. The fraction of sp³-hybridized carbons (Fsp3) is 0.929. The summed E-state index contributed by atoms with van der Waals surface area (Å²) < 4.78 is 46.9. The van der Waals surface area contributed by atoms with Crippen LogP contribution in [0.2, 0.25) is 0 Å². The van der Waals surface area contributed by atoms with Crippen LogP contribution in [0.3, 0.4) is 0 Å². The van der Waals surface area contributed by atoms with Crippen molar-refractivity contribution in [1.29, 1.82) is 0 Å². The van der Waals surface area contributed by atoms with E-state index in [1.54, 1.807) is 6.08 Å². The zero-order valence-electron chi connectivity index (χ0n) is 35.8. The smallest absolute Gasteiger partial charge is 0.330 e. The summed E-state index contributed by atoms with van der Waals surface area (Å²) >= 11 is 0. The maximum absolute atomic E-state index is 12.9. The van der Waals surface area contributed by atoms with Gasteiger partial charge in [-0.1, -0.05) is 6.08 Å². The third-order valence-electron chi connectivity index (χ3n) is 14.4. The minimum absolute atomic E-state index is 0.00427. The van der Waals surface area contributed by atoms with Crippen LogP contribution in [-0.4, -0.2) is 243 Å². The molecule has 4 saturated heterocycles. The van der Waals surface area contributed by atoms with E-state index in [1.807, 2.05) is 0 Å². The lowest BCUT2D eigenvalue weighted by Crippen LogP contribution is -2.66. The van der Waals surface area contributed by atoms with Crippen molar-refractivity contribution in [2.24, 2.45) is 17.8 Å². The van der Waals surface area contributed by atoms with Gasteiger partial charge in [-0.15, -0.1) is 0 Å². The van der Waals surface area contributed by atoms with Crippen molar-refractivity contribution in [2.75, 3.05) is 19.8 Å². The van der Waals surface area contributed by atoms with Crippen molar-refractivity contribution < 1.29 is 114 Å². The van der Waals surface area contributed by atoms with Crippen LogP contribution in [0.4, 0.5) is 0 Å². The van der Waals surface area contributed by atoms with Crippen molar-refractivity contribution in [3.05, 3.63) is 12.2 Å². The van der Waals surface area contributed by atoms with Crippen molar-refractivity contribution in [1.82, 2.24) is 0 Å². The van der Waals surface area contributed by atoms with Gasteiger partial charge in [-0.05, 0) is 57.3 Å². The Morgan fingerprint density at radius 3 is 1.75 bits per heavy atom. The van der Waals surface area contributed by atoms with E-state index in [0.29, 0.717) is 32.1 Å². The topological polar surface area (TPSA) is 378 Å². The van der Waals surface area contributed by atoms with Crippen molar-refractivity contribution in [3.63, 3.8) is 0 Å². The second kappa shape index (κ2) is 22.4. The Morgan fingerprint density at radius 1 is 0.554 bits per heavy atom. The van der Waals surface area contributed by atoms with Gasteiger partial charge in [0.2, 0.25) is 0 Å². The molecule has 15 N–H and O–H groups in total. The first-order chi connectivity index (χ1) is 31.0. The maximum Gasteiger partial charge on any atom is 0.330 e. The van der Waals surface area contributed by atoms with Gasteiger partial charge in [0.15, 0.2) is 31.1 Å². The number of carbonyl (C=O) groups excluding carboxylic acids is 1. The molecule has 0 spiro atoms. The summed E-state index contributed by atoms with van der Waals surface area (Å²) in [6.45, 7) is -2.12. The van der Waals surface area contributed by atoms with Crippen LogP contribution in [0.25, 0.3) is 0 Å². The summed E-state index contributed by atoms with van der Waals surface area (Å²) in [6.07, 6.45) is -26.1. The number of hydrogen-bond acceptors (Lipinski definition) is 22. The lowest BCUT2D eigenvalue weighted by atomic mass is 9.72. The van der Waals surface area contributed by atoms with E-state index in [9.17, 15) is 76.3 Å². The highest BCUT2D eigenvalue weighted by atomic mass is 16.8. The number of allylic oxidation sites excluding steroid dienone is 1. The number of ether oxygens (including phenoxy) is 8. The van der Waals surface area contributed by atoms with Gasteiger partial charge in [0.05, 0.1) is 49.7 Å². The average molecular weight is 942 g/mol. The van der Waals surface area contributed by atoms with E-state index in [4.69, 9.17) is 37.9 Å². The predicted octanol–water partition coefficient (Wildman–Crippen LogP) is -6.20. The third-order valence-corrected chi connectivity index (χ3v) is 14.4. The molecule has 24 unspecified atom stereocenters. The first-order valence-electron chi connectivity index (χ1n) is 22.8. The molecule has 24 atom stereocenters. The van der Waals surface area contributed by atoms with E-state index in [2.05, 4.69) is 0 Å². The molecule has 7 fully saturated rings. The van der Waals surface area contributed by atoms with Gasteiger partial charge in [0.25, 0.3) is 0 Å². The van der Waals surface area contributed by atoms with E-state index in [1.165, 1.54) is 6.08 Å². The molecule has 23 heteroatoms. The largest absolute Gasteiger partial charge is 0.460 e. The Balaban J connectivity index is 1.16. The van der Waals surface area contributed by atoms with Crippen molar-refractivity contribution in [3.8, 4) is 0 Å². The summed E-state index contributed by atoms with van der Waals surface area (Å²) in [5, 5.41) is 149. The van der Waals surface area contributed by atoms with Crippen LogP contribution in [0.15, 0.2) is 12.2 Å². The fourth-order valence-corrected chi connectivity index (χ4v) is 10.5. The molecule has 65 heavy (non-hydrogen) atoms. The van der Waals surface area contributed by atoms with Gasteiger partial charge < -0.3 is 109 Å². The lowest BCUT2D eigenvalue weighted by molar-refractivity contribution is -0.390. The number of fused-ring (bicyclic) bond motifs is 1. The van der Waals surface area contributed by atoms with Gasteiger partial charge in [-0.3, -0.25) is 0 Å². The first kappa shape index (κ1) is 51.2. The van der Waals surface area contributed by atoms with Crippen LogP contribution < -0.4 is 0 Å². The van der Waals surface area contributed by atoms with E-state index < -0.39 is 179 Å². The molecule has 0 bridgehead atoms. The Hall–Kier alpha value is -1.63. The molecule has 0 radical (unpaired) electrons. The molecular weight excluding hydrogens is 872 g/mol. The summed E-state index contributed by atoms with van der Waals surface area (Å²) in [6, 6.07) is 0. The summed E-state index contributed by atoms with van der Waals surface area (Å²) in [5.74, 6) is -1.79. The molecule has 374 valence electrons. The van der Waals surface area contributed by atoms with Crippen LogP contribution >= 0.6 is 0 Å². The fourth-order valence-electron chi connectivity index (χ4n) is 10.5. The van der Waals surface area contributed by atoms with E-state index >= 15 is 0 Å². The number of aliphatic hydroxyl groups excluding tert-OH is 14. The Bertz CT molecular complexity index is 1530.